The van der Waals surface area contributed by atoms with E-state index < -0.39 is 16.1 Å². The Balaban J connectivity index is 2.23. The smallest absolute Gasteiger partial charge is 0.242 e. The number of carbonyl (C=O) groups is 2. The van der Waals surface area contributed by atoms with E-state index in [0.717, 1.165) is 11.8 Å². The molecule has 2 aromatic carbocycles. The molecule has 0 bridgehead atoms. The van der Waals surface area contributed by atoms with Gasteiger partial charge in [0.25, 0.3) is 0 Å². The Morgan fingerprint density at radius 3 is 2.17 bits per heavy atom. The molecular weight excluding hydrogens is 509 g/mol. The lowest BCUT2D eigenvalue weighted by Crippen LogP contribution is -2.49. The molecule has 2 amide bonds. The van der Waals surface area contributed by atoms with E-state index in [-0.39, 0.29) is 43.8 Å². The first-order chi connectivity index (χ1) is 16.3. The van der Waals surface area contributed by atoms with E-state index in [1.165, 1.54) is 9.21 Å². The predicted octanol–water partition coefficient (Wildman–Crippen LogP) is 4.79. The van der Waals surface area contributed by atoms with Crippen molar-refractivity contribution in [3.05, 3.63) is 63.6 Å². The summed E-state index contributed by atoms with van der Waals surface area (Å²) in [6, 6.07) is 11.4. The lowest BCUT2D eigenvalue weighted by Gasteiger charge is -2.30. The van der Waals surface area contributed by atoms with Crippen molar-refractivity contribution in [3.8, 4) is 0 Å². The molecule has 0 aromatic heterocycles. The molecule has 2 rings (SSSR count). The standard InChI is InChI=1S/C25H33Cl2N3O4S/c1-17(2)28-25(32)19(4)29(16-21-22(26)11-7-12-23(21)27)24(31)13-8-14-30(35(5,33)34)20-10-6-9-18(3)15-20/h6-7,9-12,15,17,19H,8,13-14,16H2,1-5H3,(H,28,32). The predicted molar refractivity (Wildman–Crippen MR) is 142 cm³/mol. The van der Waals surface area contributed by atoms with E-state index in [1.807, 2.05) is 26.8 Å². The Kier molecular flexibility index (Phi) is 10.4. The quantitative estimate of drug-likeness (QED) is 0.443. The third-order valence-electron chi connectivity index (χ3n) is 5.43. The SMILES string of the molecule is Cc1cccc(N(CCCC(=O)N(Cc2c(Cl)cccc2Cl)C(C)C(=O)NC(C)C)S(C)(=O)=O)c1. The number of hydrogen-bond donors (Lipinski definition) is 1. The third kappa shape index (κ3) is 8.40. The van der Waals surface area contributed by atoms with Gasteiger partial charge in [-0.3, -0.25) is 13.9 Å². The van der Waals surface area contributed by atoms with Crippen molar-refractivity contribution in [2.24, 2.45) is 0 Å². The van der Waals surface area contributed by atoms with Crippen molar-refractivity contribution in [1.82, 2.24) is 10.2 Å². The Hall–Kier alpha value is -2.29. The van der Waals surface area contributed by atoms with Crippen molar-refractivity contribution in [1.29, 1.82) is 0 Å². The highest BCUT2D eigenvalue weighted by Crippen LogP contribution is 2.27. The summed E-state index contributed by atoms with van der Waals surface area (Å²) in [5, 5.41) is 3.62. The van der Waals surface area contributed by atoms with Gasteiger partial charge in [-0.25, -0.2) is 8.42 Å². The first-order valence-electron chi connectivity index (χ1n) is 11.4. The molecule has 2 aromatic rings. The fourth-order valence-corrected chi connectivity index (χ4v) is 5.10. The van der Waals surface area contributed by atoms with Crippen molar-refractivity contribution >= 4 is 50.7 Å². The molecule has 0 spiro atoms. The first kappa shape index (κ1) is 28.9. The number of rotatable bonds is 11. The van der Waals surface area contributed by atoms with Crippen LogP contribution in [0.1, 0.15) is 44.7 Å². The second-order valence-electron chi connectivity index (χ2n) is 8.84. The Morgan fingerprint density at radius 1 is 1.03 bits per heavy atom. The van der Waals surface area contributed by atoms with Gasteiger partial charge in [0.05, 0.1) is 11.9 Å². The summed E-state index contributed by atoms with van der Waals surface area (Å²) in [5.41, 5.74) is 2.02. The molecule has 0 aliphatic heterocycles. The highest BCUT2D eigenvalue weighted by molar-refractivity contribution is 7.92. The minimum absolute atomic E-state index is 0.0409. The van der Waals surface area contributed by atoms with Crippen LogP contribution in [0, 0.1) is 6.92 Å². The topological polar surface area (TPSA) is 86.8 Å². The van der Waals surface area contributed by atoms with Crippen LogP contribution in [0.25, 0.3) is 0 Å². The molecule has 0 radical (unpaired) electrons. The van der Waals surface area contributed by atoms with Crippen molar-refractivity contribution in [3.63, 3.8) is 0 Å². The molecular formula is C25H33Cl2N3O4S. The number of anilines is 1. The number of nitrogens with zero attached hydrogens (tertiary/aromatic N) is 2. The molecule has 0 heterocycles. The van der Waals surface area contributed by atoms with E-state index >= 15 is 0 Å². The minimum atomic E-state index is -3.55. The van der Waals surface area contributed by atoms with E-state index in [9.17, 15) is 18.0 Å². The third-order valence-corrected chi connectivity index (χ3v) is 7.33. The summed E-state index contributed by atoms with van der Waals surface area (Å²) in [6.45, 7) is 7.39. The Morgan fingerprint density at radius 2 is 1.63 bits per heavy atom. The number of nitrogens with one attached hydrogen (secondary N) is 1. The van der Waals surface area contributed by atoms with E-state index in [0.29, 0.717) is 21.3 Å². The average Bonchev–Trinajstić information content (AvgIpc) is 2.74. The van der Waals surface area contributed by atoms with Gasteiger partial charge in [-0.05, 0) is 63.9 Å². The molecule has 0 saturated heterocycles. The maximum Gasteiger partial charge on any atom is 0.242 e. The van der Waals surface area contributed by atoms with Gasteiger partial charge in [0.1, 0.15) is 6.04 Å². The monoisotopic (exact) mass is 541 g/mol. The Labute approximate surface area is 218 Å². The molecule has 35 heavy (non-hydrogen) atoms. The van der Waals surface area contributed by atoms with E-state index in [4.69, 9.17) is 23.2 Å². The van der Waals surface area contributed by atoms with Crippen LogP contribution < -0.4 is 9.62 Å². The summed E-state index contributed by atoms with van der Waals surface area (Å²) in [5.74, 6) is -0.598. The number of hydrogen-bond acceptors (Lipinski definition) is 4. The first-order valence-corrected chi connectivity index (χ1v) is 14.0. The Bertz CT molecular complexity index is 1130. The number of benzene rings is 2. The molecule has 1 atom stereocenters. The molecule has 0 fully saturated rings. The molecule has 0 aliphatic carbocycles. The lowest BCUT2D eigenvalue weighted by molar-refractivity contribution is -0.140. The summed E-state index contributed by atoms with van der Waals surface area (Å²) in [7, 11) is -3.55. The number of halogens is 2. The lowest BCUT2D eigenvalue weighted by atomic mass is 10.1. The molecule has 1 N–H and O–H groups in total. The number of aryl methyl sites for hydroxylation is 1. The van der Waals surface area contributed by atoms with E-state index in [2.05, 4.69) is 5.32 Å². The fourth-order valence-electron chi connectivity index (χ4n) is 3.63. The largest absolute Gasteiger partial charge is 0.352 e. The maximum atomic E-state index is 13.3. The van der Waals surface area contributed by atoms with Crippen molar-refractivity contribution in [2.75, 3.05) is 17.1 Å². The van der Waals surface area contributed by atoms with Gasteiger partial charge in [0.15, 0.2) is 0 Å². The van der Waals surface area contributed by atoms with Gasteiger partial charge in [-0.2, -0.15) is 0 Å². The van der Waals surface area contributed by atoms with Gasteiger partial charge in [-0.15, -0.1) is 0 Å². The van der Waals surface area contributed by atoms with Crippen LogP contribution in [0.5, 0.6) is 0 Å². The zero-order chi connectivity index (χ0) is 26.3. The van der Waals surface area contributed by atoms with Gasteiger partial charge >= 0.3 is 0 Å². The van der Waals surface area contributed by atoms with Crippen LogP contribution in [-0.2, 0) is 26.2 Å². The second-order valence-corrected chi connectivity index (χ2v) is 11.6. The van der Waals surface area contributed by atoms with Crippen LogP contribution in [-0.4, -0.2) is 50.0 Å². The van der Waals surface area contributed by atoms with Crippen LogP contribution in [0.3, 0.4) is 0 Å². The molecule has 7 nitrogen and oxygen atoms in total. The molecule has 0 saturated carbocycles. The zero-order valence-electron chi connectivity index (χ0n) is 20.7. The van der Waals surface area contributed by atoms with Gasteiger partial charge in [0.2, 0.25) is 21.8 Å². The highest BCUT2D eigenvalue weighted by Gasteiger charge is 2.28. The number of sulfonamides is 1. The van der Waals surface area contributed by atoms with Crippen LogP contribution in [0.2, 0.25) is 10.0 Å². The fraction of sp³-hybridized carbons (Fsp3) is 0.440. The molecule has 0 aliphatic rings. The van der Waals surface area contributed by atoms with Gasteiger partial charge in [-0.1, -0.05) is 41.4 Å². The van der Waals surface area contributed by atoms with Crippen LogP contribution >= 0.6 is 23.2 Å². The van der Waals surface area contributed by atoms with E-state index in [1.54, 1.807) is 43.3 Å². The summed E-state index contributed by atoms with van der Waals surface area (Å²) in [6.07, 6.45) is 1.45. The van der Waals surface area contributed by atoms with Crippen molar-refractivity contribution < 1.29 is 18.0 Å². The maximum absolute atomic E-state index is 13.3. The second kappa shape index (κ2) is 12.6. The summed E-state index contributed by atoms with van der Waals surface area (Å²) in [4.78, 5) is 27.5. The normalized spacial score (nSPS) is 12.3. The molecule has 192 valence electrons. The number of amides is 2. The summed E-state index contributed by atoms with van der Waals surface area (Å²) < 4.78 is 26.1. The average molecular weight is 543 g/mol. The zero-order valence-corrected chi connectivity index (χ0v) is 23.0. The minimum Gasteiger partial charge on any atom is -0.352 e. The van der Waals surface area contributed by atoms with Gasteiger partial charge < -0.3 is 10.2 Å². The van der Waals surface area contributed by atoms with Gasteiger partial charge in [0, 0.05) is 41.2 Å². The van der Waals surface area contributed by atoms with Crippen LogP contribution in [0.15, 0.2) is 42.5 Å². The molecule has 10 heteroatoms. The molecule has 1 unspecified atom stereocenters. The summed E-state index contributed by atoms with van der Waals surface area (Å²) >= 11 is 12.7. The van der Waals surface area contributed by atoms with Crippen molar-refractivity contribution in [2.45, 2.75) is 59.2 Å². The van der Waals surface area contributed by atoms with Crippen LogP contribution in [0.4, 0.5) is 5.69 Å². The number of carbonyl (C=O) groups excluding carboxylic acids is 2. The highest BCUT2D eigenvalue weighted by atomic mass is 35.5.